The maximum absolute atomic E-state index is 8.52. The maximum atomic E-state index is 8.52. The molecule has 2 nitrogen and oxygen atoms in total. The van der Waals surface area contributed by atoms with E-state index in [9.17, 15) is 0 Å². The summed E-state index contributed by atoms with van der Waals surface area (Å²) in [5, 5.41) is 8.52. The van der Waals surface area contributed by atoms with Crippen molar-refractivity contribution >= 4 is 0 Å². The first-order chi connectivity index (χ1) is 7.42. The maximum Gasteiger partial charge on any atom is 0.292 e. The topological polar surface area (TPSA) is 33.0 Å². The van der Waals surface area contributed by atoms with Crippen molar-refractivity contribution in [3.8, 4) is 23.1 Å². The average Bonchev–Trinajstić information content (AvgIpc) is 2.31. The Morgan fingerprint density at radius 2 is 1.53 bits per heavy atom. The Morgan fingerprint density at radius 1 is 0.867 bits per heavy atom. The molecule has 15 heavy (non-hydrogen) atoms. The van der Waals surface area contributed by atoms with Gasteiger partial charge in [0.05, 0.1) is 0 Å². The first kappa shape index (κ1) is 9.29. The lowest BCUT2D eigenvalue weighted by atomic mass is 10.1. The highest BCUT2D eigenvalue weighted by molar-refractivity contribution is 5.70. The molecule has 72 valence electrons. The van der Waals surface area contributed by atoms with Crippen LogP contribution in [0.3, 0.4) is 0 Å². The number of nitriles is 1. The highest BCUT2D eigenvalue weighted by Crippen LogP contribution is 2.29. The summed E-state index contributed by atoms with van der Waals surface area (Å²) in [5.41, 5.74) is 1.98. The second-order valence-electron chi connectivity index (χ2n) is 3.06. The molecule has 0 radical (unpaired) electrons. The second-order valence-corrected chi connectivity index (χ2v) is 3.06. The van der Waals surface area contributed by atoms with Crippen molar-refractivity contribution in [1.82, 2.24) is 0 Å². The van der Waals surface area contributed by atoms with Crippen LogP contribution >= 0.6 is 0 Å². The molecular formula is C13H9NO. The van der Waals surface area contributed by atoms with Crippen LogP contribution in [0.2, 0.25) is 0 Å². The third kappa shape index (κ3) is 1.97. The lowest BCUT2D eigenvalue weighted by molar-refractivity contribution is 0.509. The van der Waals surface area contributed by atoms with Gasteiger partial charge >= 0.3 is 0 Å². The summed E-state index contributed by atoms with van der Waals surface area (Å²) in [5.74, 6) is 0.589. The lowest BCUT2D eigenvalue weighted by Gasteiger charge is -2.05. The highest BCUT2D eigenvalue weighted by Gasteiger charge is 2.04. The molecule has 2 aromatic carbocycles. The molecule has 0 atom stereocenters. The van der Waals surface area contributed by atoms with Gasteiger partial charge in [0.15, 0.2) is 0 Å². The Labute approximate surface area is 88.4 Å². The first-order valence-corrected chi connectivity index (χ1v) is 4.62. The Kier molecular flexibility index (Phi) is 2.66. The fourth-order valence-electron chi connectivity index (χ4n) is 1.46. The number of para-hydroxylation sites is 1. The third-order valence-corrected chi connectivity index (χ3v) is 2.13. The molecule has 0 N–H and O–H groups in total. The predicted molar refractivity (Wildman–Crippen MR) is 58.1 cm³/mol. The van der Waals surface area contributed by atoms with Crippen molar-refractivity contribution in [3.63, 3.8) is 0 Å². The number of ether oxygens (including phenoxy) is 1. The summed E-state index contributed by atoms with van der Waals surface area (Å²) >= 11 is 0. The van der Waals surface area contributed by atoms with Gasteiger partial charge in [0.1, 0.15) is 5.75 Å². The number of hydrogen-bond donors (Lipinski definition) is 0. The van der Waals surface area contributed by atoms with E-state index >= 15 is 0 Å². The molecule has 0 spiro atoms. The van der Waals surface area contributed by atoms with Crippen LogP contribution in [0.15, 0.2) is 54.6 Å². The van der Waals surface area contributed by atoms with Gasteiger partial charge in [0.25, 0.3) is 6.26 Å². The highest BCUT2D eigenvalue weighted by atomic mass is 16.5. The molecule has 0 amide bonds. The van der Waals surface area contributed by atoms with Crippen LogP contribution < -0.4 is 4.74 Å². The zero-order valence-electron chi connectivity index (χ0n) is 8.05. The molecule has 2 aromatic rings. The van der Waals surface area contributed by atoms with E-state index in [2.05, 4.69) is 0 Å². The van der Waals surface area contributed by atoms with Crippen molar-refractivity contribution in [1.29, 1.82) is 5.26 Å². The molecule has 0 bridgehead atoms. The lowest BCUT2D eigenvalue weighted by Crippen LogP contribution is -1.86. The van der Waals surface area contributed by atoms with Gasteiger partial charge in [-0.3, -0.25) is 0 Å². The average molecular weight is 195 g/mol. The third-order valence-electron chi connectivity index (χ3n) is 2.13. The molecule has 0 aliphatic heterocycles. The van der Waals surface area contributed by atoms with Gasteiger partial charge in [-0.15, -0.1) is 5.26 Å². The SMILES string of the molecule is N#COc1ccccc1-c1ccccc1. The summed E-state index contributed by atoms with van der Waals surface area (Å²) in [7, 11) is 0. The van der Waals surface area contributed by atoms with Crippen molar-refractivity contribution in [2.45, 2.75) is 0 Å². The van der Waals surface area contributed by atoms with Crippen molar-refractivity contribution in [2.24, 2.45) is 0 Å². The van der Waals surface area contributed by atoms with E-state index in [0.29, 0.717) is 5.75 Å². The minimum absolute atomic E-state index is 0.589. The summed E-state index contributed by atoms with van der Waals surface area (Å²) in [4.78, 5) is 0. The minimum atomic E-state index is 0.589. The fourth-order valence-corrected chi connectivity index (χ4v) is 1.46. The second kappa shape index (κ2) is 4.30. The summed E-state index contributed by atoms with van der Waals surface area (Å²) in [6, 6.07) is 17.3. The Morgan fingerprint density at radius 3 is 2.27 bits per heavy atom. The zero-order valence-corrected chi connectivity index (χ0v) is 8.05. The van der Waals surface area contributed by atoms with Crippen molar-refractivity contribution in [2.75, 3.05) is 0 Å². The molecule has 0 aliphatic rings. The molecule has 0 aromatic heterocycles. The van der Waals surface area contributed by atoms with Crippen LogP contribution in [0, 0.1) is 11.5 Å². The number of benzene rings is 2. The summed E-state index contributed by atoms with van der Waals surface area (Å²) in [6.45, 7) is 0. The van der Waals surface area contributed by atoms with Crippen molar-refractivity contribution < 1.29 is 4.74 Å². The van der Waals surface area contributed by atoms with Gasteiger partial charge < -0.3 is 4.74 Å². The molecule has 0 saturated carbocycles. The van der Waals surface area contributed by atoms with Gasteiger partial charge in [-0.1, -0.05) is 48.5 Å². The molecule has 2 heteroatoms. The molecule has 0 heterocycles. The number of rotatable bonds is 2. The predicted octanol–water partition coefficient (Wildman–Crippen LogP) is 3.21. The Balaban J connectivity index is 2.49. The molecular weight excluding hydrogens is 186 g/mol. The van der Waals surface area contributed by atoms with E-state index in [-0.39, 0.29) is 0 Å². The van der Waals surface area contributed by atoms with Crippen LogP contribution in [0.5, 0.6) is 5.75 Å². The largest absolute Gasteiger partial charge is 0.387 e. The molecule has 2 rings (SSSR count). The molecule has 0 saturated heterocycles. The van der Waals surface area contributed by atoms with Crippen LogP contribution in [0.25, 0.3) is 11.1 Å². The van der Waals surface area contributed by atoms with E-state index in [0.717, 1.165) is 11.1 Å². The fraction of sp³-hybridized carbons (Fsp3) is 0. The number of nitrogens with zero attached hydrogens (tertiary/aromatic N) is 1. The Bertz CT molecular complexity index is 485. The quantitative estimate of drug-likeness (QED) is 0.689. The van der Waals surface area contributed by atoms with Crippen molar-refractivity contribution in [3.05, 3.63) is 54.6 Å². The van der Waals surface area contributed by atoms with E-state index < -0.39 is 0 Å². The van der Waals surface area contributed by atoms with Gasteiger partial charge in [-0.05, 0) is 11.6 Å². The van der Waals surface area contributed by atoms with Gasteiger partial charge in [-0.2, -0.15) is 0 Å². The Hall–Kier alpha value is -2.27. The molecule has 0 aliphatic carbocycles. The van der Waals surface area contributed by atoms with Crippen LogP contribution in [0.4, 0.5) is 0 Å². The normalized spacial score (nSPS) is 9.27. The standard InChI is InChI=1S/C13H9NO/c14-10-15-13-9-5-4-8-12(13)11-6-2-1-3-7-11/h1-9H. The van der Waals surface area contributed by atoms with Crippen LogP contribution in [0.1, 0.15) is 0 Å². The summed E-state index contributed by atoms with van der Waals surface area (Å²) in [6.07, 6.45) is 1.69. The van der Waals surface area contributed by atoms with Gasteiger partial charge in [-0.25, -0.2) is 0 Å². The monoisotopic (exact) mass is 195 g/mol. The molecule has 0 unspecified atom stereocenters. The van der Waals surface area contributed by atoms with E-state index in [1.54, 1.807) is 12.3 Å². The summed E-state index contributed by atoms with van der Waals surface area (Å²) < 4.78 is 4.90. The van der Waals surface area contributed by atoms with E-state index in [1.807, 2.05) is 48.5 Å². The first-order valence-electron chi connectivity index (χ1n) is 4.62. The minimum Gasteiger partial charge on any atom is -0.387 e. The number of hydrogen-bond acceptors (Lipinski definition) is 2. The molecule has 0 fully saturated rings. The van der Waals surface area contributed by atoms with E-state index in [4.69, 9.17) is 10.00 Å². The van der Waals surface area contributed by atoms with E-state index in [1.165, 1.54) is 0 Å². The smallest absolute Gasteiger partial charge is 0.292 e. The van der Waals surface area contributed by atoms with Crippen LogP contribution in [-0.4, -0.2) is 0 Å². The zero-order chi connectivity index (χ0) is 10.5. The van der Waals surface area contributed by atoms with Crippen LogP contribution in [-0.2, 0) is 0 Å². The van der Waals surface area contributed by atoms with Gasteiger partial charge in [0.2, 0.25) is 0 Å². The van der Waals surface area contributed by atoms with Gasteiger partial charge in [0, 0.05) is 5.56 Å².